The van der Waals surface area contributed by atoms with E-state index in [1.165, 1.54) is 37.7 Å². The lowest BCUT2D eigenvalue weighted by molar-refractivity contribution is 0.187. The number of fused-ring (bicyclic) bond motifs is 1. The number of aromatic nitrogens is 3. The number of carboxylic acid groups (broad SMARTS) is 1. The lowest BCUT2D eigenvalue weighted by Gasteiger charge is -2.33. The van der Waals surface area contributed by atoms with Gasteiger partial charge in [-0.25, -0.2) is 23.5 Å². The lowest BCUT2D eigenvalue weighted by atomic mass is 9.96. The zero-order chi connectivity index (χ0) is 26.1. The Morgan fingerprint density at radius 2 is 1.92 bits per heavy atom. The van der Waals surface area contributed by atoms with Gasteiger partial charge in [0.1, 0.15) is 17.4 Å². The van der Waals surface area contributed by atoms with Crippen LogP contribution in [-0.2, 0) is 0 Å². The van der Waals surface area contributed by atoms with Crippen molar-refractivity contribution in [2.24, 2.45) is 0 Å². The molecule has 9 nitrogen and oxygen atoms in total. The first-order valence-corrected chi connectivity index (χ1v) is 11.5. The van der Waals surface area contributed by atoms with Crippen LogP contribution in [0.4, 0.5) is 19.4 Å². The molecule has 3 heterocycles. The standard InChI is InChI=1S/C26H22F2N6O3/c1-37-20-5-4-14(10-19(20)28)21-22(15-2-3-16(12-29)18(27)11-15)33-25(24-23(21)30-13-31-24)34-8-6-17(7-9-34)32-26(35)36/h2-5,10-11,13,17,32H,6-9H2,1H3,(H,30,31)(H,35,36). The number of H-pyrrole nitrogens is 1. The molecule has 5 rings (SSSR count). The summed E-state index contributed by atoms with van der Waals surface area (Å²) in [4.78, 5) is 25.5. The first kappa shape index (κ1) is 24.0. The van der Waals surface area contributed by atoms with Gasteiger partial charge in [-0.1, -0.05) is 12.1 Å². The first-order valence-electron chi connectivity index (χ1n) is 11.5. The highest BCUT2D eigenvalue weighted by Gasteiger charge is 2.27. The number of carbonyl (C=O) groups is 1. The fraction of sp³-hybridized carbons (Fsp3) is 0.231. The Labute approximate surface area is 210 Å². The van der Waals surface area contributed by atoms with E-state index in [0.717, 1.165) is 0 Å². The lowest BCUT2D eigenvalue weighted by Crippen LogP contribution is -2.44. The quantitative estimate of drug-likeness (QED) is 0.360. The molecule has 0 radical (unpaired) electrons. The number of ether oxygens (including phenoxy) is 1. The molecule has 11 heteroatoms. The molecule has 2 aromatic heterocycles. The molecule has 1 fully saturated rings. The van der Waals surface area contributed by atoms with Crippen LogP contribution in [0.1, 0.15) is 18.4 Å². The predicted molar refractivity (Wildman–Crippen MR) is 132 cm³/mol. The SMILES string of the molecule is COc1ccc(-c2c(-c3ccc(C#N)c(F)c3)nc(N3CCC(NC(=O)O)CC3)c3nc[nH]c23)cc1F. The molecule has 1 saturated heterocycles. The van der Waals surface area contributed by atoms with Gasteiger partial charge in [0, 0.05) is 30.3 Å². The summed E-state index contributed by atoms with van der Waals surface area (Å²) in [5.74, 6) is -0.636. The van der Waals surface area contributed by atoms with Crippen LogP contribution in [-0.4, -0.2) is 52.4 Å². The van der Waals surface area contributed by atoms with Crippen LogP contribution in [0.25, 0.3) is 33.4 Å². The average Bonchev–Trinajstić information content (AvgIpc) is 3.38. The monoisotopic (exact) mass is 504 g/mol. The molecular weight excluding hydrogens is 482 g/mol. The molecule has 0 aliphatic carbocycles. The Morgan fingerprint density at radius 3 is 2.57 bits per heavy atom. The molecule has 0 atom stereocenters. The summed E-state index contributed by atoms with van der Waals surface area (Å²) in [7, 11) is 1.38. The first-order chi connectivity index (χ1) is 17.9. The molecule has 1 aliphatic heterocycles. The van der Waals surface area contributed by atoms with Gasteiger partial charge in [-0.2, -0.15) is 5.26 Å². The van der Waals surface area contributed by atoms with Crippen molar-refractivity contribution in [3.8, 4) is 34.2 Å². The summed E-state index contributed by atoms with van der Waals surface area (Å²) < 4.78 is 34.5. The molecule has 4 aromatic rings. The molecule has 1 aliphatic rings. The van der Waals surface area contributed by atoms with Crippen molar-refractivity contribution in [3.05, 3.63) is 59.9 Å². The predicted octanol–water partition coefficient (Wildman–Crippen LogP) is 4.69. The number of amides is 1. The maximum atomic E-state index is 14.7. The number of anilines is 1. The molecule has 37 heavy (non-hydrogen) atoms. The van der Waals surface area contributed by atoms with Gasteiger partial charge in [0.15, 0.2) is 17.4 Å². The summed E-state index contributed by atoms with van der Waals surface area (Å²) in [5.41, 5.74) is 2.82. The Hall–Kier alpha value is -4.72. The smallest absolute Gasteiger partial charge is 0.404 e. The molecule has 188 valence electrons. The zero-order valence-electron chi connectivity index (χ0n) is 19.8. The van der Waals surface area contributed by atoms with Crippen molar-refractivity contribution >= 4 is 22.9 Å². The molecule has 0 spiro atoms. The fourth-order valence-corrected chi connectivity index (χ4v) is 4.68. The number of nitrogens with zero attached hydrogens (tertiary/aromatic N) is 4. The van der Waals surface area contributed by atoms with E-state index in [2.05, 4.69) is 15.3 Å². The van der Waals surface area contributed by atoms with Gasteiger partial charge in [0.25, 0.3) is 0 Å². The van der Waals surface area contributed by atoms with Gasteiger partial charge in [-0.3, -0.25) is 0 Å². The maximum Gasteiger partial charge on any atom is 0.404 e. The van der Waals surface area contributed by atoms with Crippen molar-refractivity contribution in [1.29, 1.82) is 5.26 Å². The number of hydrogen-bond donors (Lipinski definition) is 3. The third kappa shape index (κ3) is 4.49. The number of benzene rings is 2. The Balaban J connectivity index is 1.68. The van der Waals surface area contributed by atoms with E-state index in [-0.39, 0.29) is 17.4 Å². The van der Waals surface area contributed by atoms with Crippen LogP contribution in [0.15, 0.2) is 42.7 Å². The molecule has 1 amide bonds. The number of aromatic amines is 1. The van der Waals surface area contributed by atoms with E-state index in [1.54, 1.807) is 12.1 Å². The van der Waals surface area contributed by atoms with Crippen LogP contribution < -0.4 is 15.0 Å². The number of rotatable bonds is 5. The van der Waals surface area contributed by atoms with Crippen molar-refractivity contribution in [2.75, 3.05) is 25.1 Å². The fourth-order valence-electron chi connectivity index (χ4n) is 4.68. The highest BCUT2D eigenvalue weighted by Crippen LogP contribution is 2.41. The van der Waals surface area contributed by atoms with Gasteiger partial charge < -0.3 is 25.0 Å². The van der Waals surface area contributed by atoms with Gasteiger partial charge in [0.05, 0.1) is 30.2 Å². The maximum absolute atomic E-state index is 14.7. The third-order valence-corrected chi connectivity index (χ3v) is 6.48. The van der Waals surface area contributed by atoms with Crippen LogP contribution in [0.2, 0.25) is 0 Å². The van der Waals surface area contributed by atoms with Gasteiger partial charge in [-0.05, 0) is 42.7 Å². The summed E-state index contributed by atoms with van der Waals surface area (Å²) in [6.45, 7) is 1.05. The zero-order valence-corrected chi connectivity index (χ0v) is 19.8. The second-order valence-electron chi connectivity index (χ2n) is 8.65. The van der Waals surface area contributed by atoms with Gasteiger partial charge >= 0.3 is 6.09 Å². The van der Waals surface area contributed by atoms with Crippen molar-refractivity contribution < 1.29 is 23.4 Å². The number of methoxy groups -OCH3 is 1. The average molecular weight is 504 g/mol. The minimum atomic E-state index is -1.06. The Bertz CT molecular complexity index is 1540. The van der Waals surface area contributed by atoms with E-state index >= 15 is 0 Å². The minimum absolute atomic E-state index is 0.0815. The van der Waals surface area contributed by atoms with E-state index in [9.17, 15) is 18.8 Å². The molecule has 2 aromatic carbocycles. The molecule has 0 saturated carbocycles. The number of hydrogen-bond acceptors (Lipinski definition) is 6. The van der Waals surface area contributed by atoms with E-state index in [0.29, 0.717) is 65.2 Å². The highest BCUT2D eigenvalue weighted by atomic mass is 19.1. The Kier molecular flexibility index (Phi) is 6.31. The van der Waals surface area contributed by atoms with Crippen LogP contribution in [0.5, 0.6) is 5.75 Å². The summed E-state index contributed by atoms with van der Waals surface area (Å²) >= 11 is 0. The number of nitriles is 1. The van der Waals surface area contributed by atoms with Crippen molar-refractivity contribution in [3.63, 3.8) is 0 Å². The molecule has 3 N–H and O–H groups in total. The van der Waals surface area contributed by atoms with Crippen molar-refractivity contribution in [1.82, 2.24) is 20.3 Å². The van der Waals surface area contributed by atoms with Crippen molar-refractivity contribution in [2.45, 2.75) is 18.9 Å². The summed E-state index contributed by atoms with van der Waals surface area (Å²) in [5, 5.41) is 20.7. The van der Waals surface area contributed by atoms with Crippen LogP contribution >= 0.6 is 0 Å². The normalized spacial score (nSPS) is 13.9. The minimum Gasteiger partial charge on any atom is -0.494 e. The topological polar surface area (TPSA) is 127 Å². The molecular formula is C26H22F2N6O3. The highest BCUT2D eigenvalue weighted by molar-refractivity contribution is 6.03. The van der Waals surface area contributed by atoms with E-state index in [4.69, 9.17) is 14.8 Å². The largest absolute Gasteiger partial charge is 0.494 e. The second-order valence-corrected chi connectivity index (χ2v) is 8.65. The van der Waals surface area contributed by atoms with Crippen LogP contribution in [0, 0.1) is 23.0 Å². The summed E-state index contributed by atoms with van der Waals surface area (Å²) in [6.07, 6.45) is 1.60. The Morgan fingerprint density at radius 1 is 1.19 bits per heavy atom. The number of imidazole rings is 1. The number of piperidine rings is 1. The number of nitrogens with one attached hydrogen (secondary N) is 2. The number of halogens is 2. The summed E-state index contributed by atoms with van der Waals surface area (Å²) in [6, 6.07) is 10.4. The van der Waals surface area contributed by atoms with E-state index < -0.39 is 17.7 Å². The molecule has 0 bridgehead atoms. The van der Waals surface area contributed by atoms with E-state index in [1.807, 2.05) is 11.0 Å². The van der Waals surface area contributed by atoms with Gasteiger partial charge in [-0.15, -0.1) is 0 Å². The molecule has 0 unspecified atom stereocenters. The van der Waals surface area contributed by atoms with Crippen LogP contribution in [0.3, 0.4) is 0 Å². The van der Waals surface area contributed by atoms with Gasteiger partial charge in [0.2, 0.25) is 0 Å². The third-order valence-electron chi connectivity index (χ3n) is 6.48. The number of pyridine rings is 1. The second kappa shape index (κ2) is 9.73.